The first-order valence-corrected chi connectivity index (χ1v) is 12.3. The molecule has 0 aromatic carbocycles. The van der Waals surface area contributed by atoms with E-state index in [-0.39, 0.29) is 21.7 Å². The molecule has 30 heavy (non-hydrogen) atoms. The Morgan fingerprint density at radius 3 is 2.83 bits per heavy atom. The number of hydrogen-bond acceptors (Lipinski definition) is 5. The maximum absolute atomic E-state index is 13.2. The number of halogens is 1. The largest absolute Gasteiger partial charge is 0.496 e. The van der Waals surface area contributed by atoms with Gasteiger partial charge in [-0.05, 0) is 43.7 Å². The zero-order chi connectivity index (χ0) is 21.8. The summed E-state index contributed by atoms with van der Waals surface area (Å²) < 4.78 is 16.7. The van der Waals surface area contributed by atoms with E-state index in [1.807, 2.05) is 19.9 Å². The van der Waals surface area contributed by atoms with Gasteiger partial charge in [0.2, 0.25) is 5.91 Å². The molecule has 8 nitrogen and oxygen atoms in total. The molecule has 0 spiro atoms. The van der Waals surface area contributed by atoms with E-state index in [4.69, 9.17) is 4.74 Å². The first-order valence-electron chi connectivity index (χ1n) is 10.2. The number of nitrogens with one attached hydrogen (secondary N) is 2. The van der Waals surface area contributed by atoms with Gasteiger partial charge < -0.3 is 24.7 Å². The van der Waals surface area contributed by atoms with Crippen LogP contribution in [0.3, 0.4) is 0 Å². The maximum atomic E-state index is 13.2. The quantitative estimate of drug-likeness (QED) is 0.306. The molecule has 0 radical (unpaired) electrons. The third kappa shape index (κ3) is 4.81. The number of likely N-dealkylation sites (tertiary alicyclic amines) is 1. The van der Waals surface area contributed by atoms with Gasteiger partial charge in [-0.1, -0.05) is 13.8 Å². The number of hydrogen-bond donors (Lipinski definition) is 2. The Balaban J connectivity index is 1.78. The molecule has 2 N–H and O–H groups in total. The summed E-state index contributed by atoms with van der Waals surface area (Å²) in [5.41, 5.74) is 2.18. The molecule has 1 aliphatic carbocycles. The smallest absolute Gasteiger partial charge is 0.268 e. The van der Waals surface area contributed by atoms with E-state index in [0.29, 0.717) is 25.1 Å². The summed E-state index contributed by atoms with van der Waals surface area (Å²) in [6, 6.07) is 0.425. The molecule has 1 aromatic heterocycles. The number of fused-ring (bicyclic) bond motifs is 1. The summed E-state index contributed by atoms with van der Waals surface area (Å²) in [5.74, 6) is 0.245. The van der Waals surface area contributed by atoms with Crippen LogP contribution in [0, 0.1) is 5.92 Å². The van der Waals surface area contributed by atoms with Crippen LogP contribution in [-0.2, 0) is 23.8 Å². The number of alkyl halides is 1. The molecule has 1 aliphatic heterocycles. The second kappa shape index (κ2) is 9.84. The highest BCUT2D eigenvalue weighted by molar-refractivity contribution is 14.1. The maximum Gasteiger partial charge on any atom is 0.268 e. The SMILES string of the molecule is COC1=CCCc2[nH]c(C(=O)NC(CC(C)C)C(=O)N3CC(I=O)CC3C=O)cc21. The van der Waals surface area contributed by atoms with Gasteiger partial charge in [0.25, 0.3) is 5.91 Å². The van der Waals surface area contributed by atoms with Crippen molar-refractivity contribution < 1.29 is 22.2 Å². The van der Waals surface area contributed by atoms with E-state index in [9.17, 15) is 17.5 Å². The zero-order valence-corrected chi connectivity index (χ0v) is 19.6. The van der Waals surface area contributed by atoms with Crippen LogP contribution in [0.5, 0.6) is 0 Å². The minimum Gasteiger partial charge on any atom is -0.496 e. The highest BCUT2D eigenvalue weighted by atomic mass is 127. The van der Waals surface area contributed by atoms with Crippen molar-refractivity contribution in [1.29, 1.82) is 0 Å². The van der Waals surface area contributed by atoms with Gasteiger partial charge in [0.1, 0.15) is 45.0 Å². The van der Waals surface area contributed by atoms with E-state index in [2.05, 4.69) is 10.3 Å². The third-order valence-corrected chi connectivity index (χ3v) is 7.14. The Morgan fingerprint density at radius 2 is 2.20 bits per heavy atom. The Labute approximate surface area is 186 Å². The van der Waals surface area contributed by atoms with Crippen molar-refractivity contribution in [2.75, 3.05) is 13.7 Å². The third-order valence-electron chi connectivity index (χ3n) is 5.52. The predicted octanol–water partition coefficient (Wildman–Crippen LogP) is 2.58. The van der Waals surface area contributed by atoms with Crippen LogP contribution in [-0.4, -0.2) is 57.6 Å². The van der Waals surface area contributed by atoms with Crippen molar-refractivity contribution >= 4 is 45.1 Å². The minimum absolute atomic E-state index is 0.118. The summed E-state index contributed by atoms with van der Waals surface area (Å²) in [7, 11) is 1.60. The highest BCUT2D eigenvalue weighted by Crippen LogP contribution is 2.29. The van der Waals surface area contributed by atoms with Crippen LogP contribution in [0.15, 0.2) is 12.1 Å². The molecule has 1 fully saturated rings. The molecule has 3 atom stereocenters. The summed E-state index contributed by atoms with van der Waals surface area (Å²) in [5, 5.41) is 2.85. The lowest BCUT2D eigenvalue weighted by atomic mass is 10.0. The average molecular weight is 529 g/mol. The van der Waals surface area contributed by atoms with Gasteiger partial charge in [-0.2, -0.15) is 0 Å². The molecule has 0 bridgehead atoms. The molecule has 3 rings (SSSR count). The summed E-state index contributed by atoms with van der Waals surface area (Å²) >= 11 is -1.29. The van der Waals surface area contributed by atoms with Crippen LogP contribution in [0.4, 0.5) is 0 Å². The van der Waals surface area contributed by atoms with Gasteiger partial charge in [-0.3, -0.25) is 12.7 Å². The number of rotatable bonds is 8. The lowest BCUT2D eigenvalue weighted by Crippen LogP contribution is -2.51. The molecule has 164 valence electrons. The molecular weight excluding hydrogens is 501 g/mol. The highest BCUT2D eigenvalue weighted by Gasteiger charge is 2.39. The number of allylic oxidation sites excluding steroid dienone is 1. The monoisotopic (exact) mass is 529 g/mol. The van der Waals surface area contributed by atoms with E-state index in [0.717, 1.165) is 36.1 Å². The molecule has 9 heteroatoms. The molecule has 0 saturated carbocycles. The van der Waals surface area contributed by atoms with Gasteiger partial charge in [0.15, 0.2) is 0 Å². The molecule has 2 amide bonds. The van der Waals surface area contributed by atoms with Crippen LogP contribution >= 0.6 is 21.2 Å². The molecule has 1 saturated heterocycles. The fraction of sp³-hybridized carbons (Fsp3) is 0.571. The number of aryl methyl sites for hydroxylation is 1. The fourth-order valence-corrected chi connectivity index (χ4v) is 5.39. The van der Waals surface area contributed by atoms with Crippen molar-refractivity contribution in [2.24, 2.45) is 5.92 Å². The van der Waals surface area contributed by atoms with Crippen molar-refractivity contribution in [3.8, 4) is 0 Å². The summed E-state index contributed by atoms with van der Waals surface area (Å²) in [6.45, 7) is 4.26. The van der Waals surface area contributed by atoms with E-state index >= 15 is 0 Å². The summed E-state index contributed by atoms with van der Waals surface area (Å²) in [6.07, 6.45) is 5.24. The van der Waals surface area contributed by atoms with Crippen LogP contribution in [0.2, 0.25) is 0 Å². The van der Waals surface area contributed by atoms with Crippen LogP contribution in [0.25, 0.3) is 5.76 Å². The Hall–Kier alpha value is -2.04. The number of aldehydes is 1. The first-order chi connectivity index (χ1) is 14.4. The van der Waals surface area contributed by atoms with Gasteiger partial charge in [0.05, 0.1) is 17.1 Å². The number of ether oxygens (including phenoxy) is 1. The number of amides is 2. The van der Waals surface area contributed by atoms with E-state index in [1.165, 1.54) is 4.90 Å². The Kier molecular flexibility index (Phi) is 7.43. The number of nitrogens with zero attached hydrogens (tertiary/aromatic N) is 1. The number of aromatic nitrogens is 1. The number of methoxy groups -OCH3 is 1. The van der Waals surface area contributed by atoms with Crippen LogP contribution < -0.4 is 5.32 Å². The number of aromatic amines is 1. The lowest BCUT2D eigenvalue weighted by Gasteiger charge is -2.27. The Morgan fingerprint density at radius 1 is 1.43 bits per heavy atom. The molecule has 3 unspecified atom stereocenters. The fourth-order valence-electron chi connectivity index (χ4n) is 4.08. The van der Waals surface area contributed by atoms with Crippen molar-refractivity contribution in [2.45, 2.75) is 55.5 Å². The zero-order valence-electron chi connectivity index (χ0n) is 17.4. The average Bonchev–Trinajstić information content (AvgIpc) is 3.36. The molecule has 2 aliphatic rings. The van der Waals surface area contributed by atoms with E-state index < -0.39 is 33.3 Å². The lowest BCUT2D eigenvalue weighted by molar-refractivity contribution is -0.136. The first kappa shape index (κ1) is 22.6. The molecule has 1 aromatic rings. The molecule has 2 heterocycles. The Bertz CT molecular complexity index is 863. The van der Waals surface area contributed by atoms with Gasteiger partial charge in [0, 0.05) is 17.8 Å². The predicted molar refractivity (Wildman–Crippen MR) is 119 cm³/mol. The van der Waals surface area contributed by atoms with Gasteiger partial charge in [-0.15, -0.1) is 0 Å². The normalized spacial score (nSPS) is 21.7. The summed E-state index contributed by atoms with van der Waals surface area (Å²) in [4.78, 5) is 42.2. The van der Waals surface area contributed by atoms with E-state index in [1.54, 1.807) is 13.2 Å². The van der Waals surface area contributed by atoms with Crippen molar-refractivity contribution in [1.82, 2.24) is 15.2 Å². The van der Waals surface area contributed by atoms with Crippen molar-refractivity contribution in [3.63, 3.8) is 0 Å². The number of carbonyl (C=O) groups is 3. The number of carbonyl (C=O) groups excluding carboxylic acids is 3. The topological polar surface area (TPSA) is 109 Å². The second-order valence-corrected chi connectivity index (χ2v) is 10.4. The minimum atomic E-state index is -1.29. The van der Waals surface area contributed by atoms with Gasteiger partial charge in [-0.25, -0.2) is 0 Å². The molecular formula is C21H28IN3O5. The van der Waals surface area contributed by atoms with Crippen LogP contribution in [0.1, 0.15) is 54.9 Å². The van der Waals surface area contributed by atoms with Gasteiger partial charge >= 0.3 is 0 Å². The van der Waals surface area contributed by atoms with Crippen molar-refractivity contribution in [3.05, 3.63) is 29.1 Å². The second-order valence-electron chi connectivity index (χ2n) is 8.16. The number of H-pyrrole nitrogens is 1. The standard InChI is InChI=1S/C21H28IN3O5/c1-12(2)7-18(21(28)25-10-13(22-29)8-14(25)11-26)24-20(27)17-9-15-16(23-17)5-4-6-19(15)30-3/h6,9,11-14,18,23H,4-5,7-8,10H2,1-3H3,(H,24,27).